The number of quaternary nitrogens is 1. The minimum atomic E-state index is -1.18. The van der Waals surface area contributed by atoms with E-state index in [1.165, 1.54) is 31.2 Å². The first-order valence-corrected chi connectivity index (χ1v) is 4.98. The van der Waals surface area contributed by atoms with Gasteiger partial charge in [0.25, 0.3) is 0 Å². The summed E-state index contributed by atoms with van der Waals surface area (Å²) in [5.74, 6) is -1.18. The Hall–Kier alpha value is -0.610. The molecule has 0 N–H and O–H groups in total. The van der Waals surface area contributed by atoms with Gasteiger partial charge in [-0.3, -0.25) is 0 Å². The Kier molecular flexibility index (Phi) is 10.1. The second kappa shape index (κ2) is 8.97. The molecule has 4 nitrogen and oxygen atoms in total. The van der Waals surface area contributed by atoms with Crippen LogP contribution in [-0.2, 0) is 9.53 Å². The van der Waals surface area contributed by atoms with E-state index in [1.54, 1.807) is 0 Å². The van der Waals surface area contributed by atoms with Crippen LogP contribution in [0.25, 0.3) is 0 Å². The van der Waals surface area contributed by atoms with Crippen molar-refractivity contribution in [2.24, 2.45) is 0 Å². The van der Waals surface area contributed by atoms with Crippen molar-refractivity contribution in [3.05, 3.63) is 0 Å². The molecule has 0 saturated carbocycles. The lowest BCUT2D eigenvalue weighted by atomic mass is 10.4. The van der Waals surface area contributed by atoms with Crippen molar-refractivity contribution in [1.29, 1.82) is 0 Å². The molecule has 0 atom stereocenters. The first-order chi connectivity index (χ1) is 6.45. The fraction of sp³-hybridized carbons (Fsp3) is 0.900. The first kappa shape index (κ1) is 15.8. The summed E-state index contributed by atoms with van der Waals surface area (Å²) in [4.78, 5) is 9.36. The van der Waals surface area contributed by atoms with Gasteiger partial charge in [0, 0.05) is 7.11 Å². The van der Waals surface area contributed by atoms with Gasteiger partial charge in [-0.25, -0.2) is 0 Å². The number of carbonyl (C=O) groups is 1. The minimum Gasteiger partial charge on any atom is -0.548 e. The molecule has 14 heavy (non-hydrogen) atoms. The Morgan fingerprint density at radius 3 is 1.57 bits per heavy atom. The molecule has 0 bridgehead atoms. The van der Waals surface area contributed by atoms with Gasteiger partial charge in [0.15, 0.2) is 0 Å². The molecule has 86 valence electrons. The highest BCUT2D eigenvalue weighted by atomic mass is 16.5. The molecule has 4 heteroatoms. The van der Waals surface area contributed by atoms with Gasteiger partial charge in [-0.15, -0.1) is 0 Å². The van der Waals surface area contributed by atoms with Gasteiger partial charge >= 0.3 is 0 Å². The zero-order chi connectivity index (χ0) is 11.6. The molecule has 0 aromatic rings. The van der Waals surface area contributed by atoms with E-state index in [-0.39, 0.29) is 6.61 Å². The number of aliphatic carboxylic acids is 1. The van der Waals surface area contributed by atoms with Crippen LogP contribution in [0, 0.1) is 0 Å². The highest BCUT2D eigenvalue weighted by molar-refractivity contribution is 5.65. The SMILES string of the molecule is CC[N+](C)(CC)CC.COCC(=O)[O-]. The average molecular weight is 205 g/mol. The molecule has 0 aliphatic rings. The number of hydrogen-bond donors (Lipinski definition) is 0. The fourth-order valence-corrected chi connectivity index (χ4v) is 0.789. The van der Waals surface area contributed by atoms with Crippen LogP contribution in [0.5, 0.6) is 0 Å². The fourth-order valence-electron chi connectivity index (χ4n) is 0.789. The maximum atomic E-state index is 9.36. The maximum absolute atomic E-state index is 9.36. The molecule has 0 saturated heterocycles. The van der Waals surface area contributed by atoms with Crippen molar-refractivity contribution in [2.45, 2.75) is 20.8 Å². The van der Waals surface area contributed by atoms with Gasteiger partial charge in [-0.1, -0.05) is 0 Å². The number of carbonyl (C=O) groups excluding carboxylic acids is 1. The predicted molar refractivity (Wildman–Crippen MR) is 54.7 cm³/mol. The normalized spacial score (nSPS) is 10.4. The average Bonchev–Trinajstić information content (AvgIpc) is 2.17. The van der Waals surface area contributed by atoms with Crippen molar-refractivity contribution in [1.82, 2.24) is 0 Å². The molecule has 0 amide bonds. The summed E-state index contributed by atoms with van der Waals surface area (Å²) in [6.07, 6.45) is 0. The van der Waals surface area contributed by atoms with Crippen molar-refractivity contribution in [2.75, 3.05) is 40.4 Å². The van der Waals surface area contributed by atoms with E-state index in [9.17, 15) is 9.90 Å². The summed E-state index contributed by atoms with van der Waals surface area (Å²) < 4.78 is 5.35. The highest BCUT2D eigenvalue weighted by Gasteiger charge is 2.10. The molecule has 0 heterocycles. The maximum Gasteiger partial charge on any atom is 0.0857 e. The molecule has 0 aromatic heterocycles. The van der Waals surface area contributed by atoms with Gasteiger partial charge in [-0.2, -0.15) is 0 Å². The number of rotatable bonds is 5. The van der Waals surface area contributed by atoms with E-state index in [1.807, 2.05) is 0 Å². The van der Waals surface area contributed by atoms with Crippen molar-refractivity contribution in [3.63, 3.8) is 0 Å². The third kappa shape index (κ3) is 9.48. The van der Waals surface area contributed by atoms with E-state index >= 15 is 0 Å². The summed E-state index contributed by atoms with van der Waals surface area (Å²) in [5.41, 5.74) is 0. The Morgan fingerprint density at radius 2 is 1.57 bits per heavy atom. The number of carboxylic acids is 1. The van der Waals surface area contributed by atoms with Crippen LogP contribution in [-0.4, -0.2) is 50.9 Å². The largest absolute Gasteiger partial charge is 0.548 e. The summed E-state index contributed by atoms with van der Waals surface area (Å²) in [6, 6.07) is 0. The Labute approximate surface area is 87.1 Å². The minimum absolute atomic E-state index is 0.319. The lowest BCUT2D eigenvalue weighted by Crippen LogP contribution is -2.42. The van der Waals surface area contributed by atoms with Crippen LogP contribution in [0.3, 0.4) is 0 Å². The summed E-state index contributed by atoms with van der Waals surface area (Å²) in [7, 11) is 3.59. The zero-order valence-electron chi connectivity index (χ0n) is 10.0. The predicted octanol–water partition coefficient (Wildman–Crippen LogP) is -0.125. The second-order valence-corrected chi connectivity index (χ2v) is 3.37. The van der Waals surface area contributed by atoms with E-state index in [0.29, 0.717) is 0 Å². The Bertz CT molecular complexity index is 136. The molecule has 0 radical (unpaired) electrons. The van der Waals surface area contributed by atoms with Crippen LogP contribution in [0.4, 0.5) is 0 Å². The van der Waals surface area contributed by atoms with Crippen molar-refractivity contribution < 1.29 is 19.1 Å². The van der Waals surface area contributed by atoms with Crippen LogP contribution in [0.15, 0.2) is 0 Å². The van der Waals surface area contributed by atoms with Crippen LogP contribution in [0.1, 0.15) is 20.8 Å². The Morgan fingerprint density at radius 1 is 1.21 bits per heavy atom. The molecular weight excluding hydrogens is 182 g/mol. The van der Waals surface area contributed by atoms with Gasteiger partial charge in [0.05, 0.1) is 39.3 Å². The van der Waals surface area contributed by atoms with E-state index in [2.05, 4.69) is 32.6 Å². The van der Waals surface area contributed by atoms with Gasteiger partial charge < -0.3 is 19.1 Å². The molecule has 0 aliphatic carbocycles. The third-order valence-electron chi connectivity index (χ3n) is 2.55. The Balaban J connectivity index is 0. The molecule has 0 aliphatic heterocycles. The smallest absolute Gasteiger partial charge is 0.0857 e. The van der Waals surface area contributed by atoms with Crippen LogP contribution in [0.2, 0.25) is 0 Å². The third-order valence-corrected chi connectivity index (χ3v) is 2.55. The molecular formula is C10H23NO3. The molecule has 0 spiro atoms. The molecule has 0 aromatic carbocycles. The monoisotopic (exact) mass is 205 g/mol. The van der Waals surface area contributed by atoms with Gasteiger partial charge in [-0.05, 0) is 20.8 Å². The molecule has 0 rings (SSSR count). The van der Waals surface area contributed by atoms with E-state index < -0.39 is 5.97 Å². The first-order valence-electron chi connectivity index (χ1n) is 4.98. The second-order valence-electron chi connectivity index (χ2n) is 3.37. The number of hydrogen-bond acceptors (Lipinski definition) is 3. The van der Waals surface area contributed by atoms with E-state index in [0.717, 1.165) is 0 Å². The van der Waals surface area contributed by atoms with Gasteiger partial charge in [0.2, 0.25) is 0 Å². The highest BCUT2D eigenvalue weighted by Crippen LogP contribution is 1.97. The zero-order valence-corrected chi connectivity index (χ0v) is 10.0. The van der Waals surface area contributed by atoms with Crippen LogP contribution < -0.4 is 5.11 Å². The topological polar surface area (TPSA) is 49.4 Å². The van der Waals surface area contributed by atoms with Gasteiger partial charge in [0.1, 0.15) is 0 Å². The number of carboxylic acid groups (broad SMARTS) is 1. The summed E-state index contributed by atoms with van der Waals surface area (Å²) in [5, 5.41) is 9.36. The number of nitrogens with zero attached hydrogens (tertiary/aromatic N) is 1. The lowest BCUT2D eigenvalue weighted by molar-refractivity contribution is -0.904. The lowest BCUT2D eigenvalue weighted by Gasteiger charge is -2.30. The summed E-state index contributed by atoms with van der Waals surface area (Å²) in [6.45, 7) is 10.2. The van der Waals surface area contributed by atoms with Crippen molar-refractivity contribution in [3.8, 4) is 0 Å². The number of methoxy groups -OCH3 is 1. The van der Waals surface area contributed by atoms with Crippen molar-refractivity contribution >= 4 is 5.97 Å². The molecule has 0 unspecified atom stereocenters. The summed E-state index contributed by atoms with van der Waals surface area (Å²) >= 11 is 0. The quantitative estimate of drug-likeness (QED) is 0.588. The number of ether oxygens (including phenoxy) is 1. The standard InChI is InChI=1S/C7H18N.C3H6O3/c1-5-8(4,6-2)7-3;1-6-2-3(4)5/h5-7H2,1-4H3;2H2,1H3,(H,4,5)/q+1;/p-1. The van der Waals surface area contributed by atoms with Crippen LogP contribution >= 0.6 is 0 Å². The molecule has 0 fully saturated rings. The van der Waals surface area contributed by atoms with E-state index in [4.69, 9.17) is 0 Å².